The molecule has 7 nitrogen and oxygen atoms in total. The lowest BCUT2D eigenvalue weighted by molar-refractivity contribution is -0.384. The monoisotopic (exact) mass is 351 g/mol. The molecule has 0 spiro atoms. The molecule has 0 radical (unpaired) electrons. The number of morpholine rings is 1. The molecule has 0 saturated carbocycles. The molecule has 0 unspecified atom stereocenters. The molecule has 120 valence electrons. The maximum absolute atomic E-state index is 11.7. The van der Waals surface area contributed by atoms with E-state index in [2.05, 4.69) is 5.32 Å². The SMILES string of the molecule is O=C1NC(=S)SC1=Cc1ccc(N2CCOCC2)c([N+](=O)[O-])c1. The van der Waals surface area contributed by atoms with Crippen LogP contribution in [0.1, 0.15) is 5.56 Å². The number of nitro benzene ring substituents is 1. The average molecular weight is 351 g/mol. The van der Waals surface area contributed by atoms with Crippen LogP contribution in [-0.2, 0) is 9.53 Å². The number of nitrogens with zero attached hydrogens (tertiary/aromatic N) is 2. The van der Waals surface area contributed by atoms with Crippen LogP contribution >= 0.6 is 24.0 Å². The van der Waals surface area contributed by atoms with E-state index in [4.69, 9.17) is 17.0 Å². The van der Waals surface area contributed by atoms with Crippen LogP contribution in [0.3, 0.4) is 0 Å². The van der Waals surface area contributed by atoms with Crippen LogP contribution in [0.2, 0.25) is 0 Å². The largest absolute Gasteiger partial charge is 0.378 e. The van der Waals surface area contributed by atoms with E-state index in [1.165, 1.54) is 6.07 Å². The van der Waals surface area contributed by atoms with Crippen molar-refractivity contribution in [2.24, 2.45) is 0 Å². The third-order valence-electron chi connectivity index (χ3n) is 3.49. The first-order valence-corrected chi connectivity index (χ1v) is 8.13. The highest BCUT2D eigenvalue weighted by Crippen LogP contribution is 2.32. The second-order valence-electron chi connectivity index (χ2n) is 4.96. The molecule has 1 amide bonds. The molecule has 0 bridgehead atoms. The van der Waals surface area contributed by atoms with Gasteiger partial charge >= 0.3 is 0 Å². The van der Waals surface area contributed by atoms with Gasteiger partial charge in [0, 0.05) is 19.2 Å². The zero-order valence-electron chi connectivity index (χ0n) is 12.0. The van der Waals surface area contributed by atoms with E-state index in [1.807, 2.05) is 4.90 Å². The summed E-state index contributed by atoms with van der Waals surface area (Å²) in [7, 11) is 0. The molecule has 3 rings (SSSR count). The minimum Gasteiger partial charge on any atom is -0.378 e. The number of carbonyl (C=O) groups excluding carboxylic acids is 1. The van der Waals surface area contributed by atoms with Crippen LogP contribution < -0.4 is 10.2 Å². The maximum Gasteiger partial charge on any atom is 0.293 e. The summed E-state index contributed by atoms with van der Waals surface area (Å²) in [4.78, 5) is 25.0. The molecule has 0 atom stereocenters. The number of nitrogens with one attached hydrogen (secondary N) is 1. The number of nitro groups is 1. The highest BCUT2D eigenvalue weighted by atomic mass is 32.2. The van der Waals surface area contributed by atoms with Crippen LogP contribution in [0.5, 0.6) is 0 Å². The van der Waals surface area contributed by atoms with Gasteiger partial charge in [0.1, 0.15) is 10.0 Å². The van der Waals surface area contributed by atoms with Gasteiger partial charge in [-0.05, 0) is 17.7 Å². The van der Waals surface area contributed by atoms with Crippen LogP contribution in [-0.4, -0.2) is 41.5 Å². The summed E-state index contributed by atoms with van der Waals surface area (Å²) in [5.74, 6) is -0.278. The Balaban J connectivity index is 1.93. The van der Waals surface area contributed by atoms with Gasteiger partial charge in [-0.2, -0.15) is 0 Å². The van der Waals surface area contributed by atoms with Gasteiger partial charge in [0.15, 0.2) is 0 Å². The highest BCUT2D eigenvalue weighted by Gasteiger charge is 2.24. The number of thiocarbonyl (C=S) groups is 1. The molecule has 1 aromatic carbocycles. The number of rotatable bonds is 3. The fourth-order valence-electron chi connectivity index (χ4n) is 2.42. The molecule has 2 fully saturated rings. The number of carbonyl (C=O) groups is 1. The Hall–Kier alpha value is -1.97. The van der Waals surface area contributed by atoms with Gasteiger partial charge in [-0.1, -0.05) is 30.0 Å². The standard InChI is InChI=1S/C14H13N3O4S2/c18-13-12(23-14(22)15-13)8-9-1-2-10(11(7-9)17(19)20)16-3-5-21-6-4-16/h1-2,7-8H,3-6H2,(H,15,18,22). The number of hydrogen-bond donors (Lipinski definition) is 1. The summed E-state index contributed by atoms with van der Waals surface area (Å²) < 4.78 is 5.66. The first-order chi connectivity index (χ1) is 11.0. The molecule has 2 heterocycles. The summed E-state index contributed by atoms with van der Waals surface area (Å²) in [6.07, 6.45) is 1.61. The number of anilines is 1. The van der Waals surface area contributed by atoms with Gasteiger partial charge < -0.3 is 15.0 Å². The van der Waals surface area contributed by atoms with Crippen molar-refractivity contribution in [2.75, 3.05) is 31.2 Å². The summed E-state index contributed by atoms with van der Waals surface area (Å²) in [5, 5.41) is 13.9. The zero-order chi connectivity index (χ0) is 16.4. The van der Waals surface area contributed by atoms with Gasteiger partial charge in [0.05, 0.1) is 23.0 Å². The quantitative estimate of drug-likeness (QED) is 0.385. The van der Waals surface area contributed by atoms with Gasteiger partial charge in [-0.25, -0.2) is 0 Å². The van der Waals surface area contributed by atoms with Crippen molar-refractivity contribution in [3.63, 3.8) is 0 Å². The fourth-order valence-corrected chi connectivity index (χ4v) is 3.46. The molecule has 0 aromatic heterocycles. The highest BCUT2D eigenvalue weighted by molar-refractivity contribution is 8.26. The summed E-state index contributed by atoms with van der Waals surface area (Å²) in [6, 6.07) is 4.96. The summed E-state index contributed by atoms with van der Waals surface area (Å²) in [6.45, 7) is 2.34. The molecular formula is C14H13N3O4S2. The van der Waals surface area contributed by atoms with Crippen LogP contribution in [0.4, 0.5) is 11.4 Å². The Morgan fingerprint density at radius 1 is 1.39 bits per heavy atom. The normalized spacial score (nSPS) is 20.0. The number of ether oxygens (including phenoxy) is 1. The summed E-state index contributed by atoms with van der Waals surface area (Å²) in [5.41, 5.74) is 1.18. The van der Waals surface area contributed by atoms with Gasteiger partial charge in [0.2, 0.25) is 0 Å². The van der Waals surface area contributed by atoms with Crippen molar-refractivity contribution in [3.05, 3.63) is 38.8 Å². The van der Waals surface area contributed by atoms with Crippen molar-refractivity contribution in [3.8, 4) is 0 Å². The van der Waals surface area contributed by atoms with E-state index in [0.29, 0.717) is 46.8 Å². The van der Waals surface area contributed by atoms with Crippen LogP contribution in [0.15, 0.2) is 23.1 Å². The zero-order valence-corrected chi connectivity index (χ0v) is 13.6. The first kappa shape index (κ1) is 15.9. The Kier molecular flexibility index (Phi) is 4.60. The van der Waals surface area contributed by atoms with Gasteiger partial charge in [-0.15, -0.1) is 0 Å². The van der Waals surface area contributed by atoms with E-state index < -0.39 is 4.92 Å². The molecular weight excluding hydrogens is 338 g/mol. The fraction of sp³-hybridized carbons (Fsp3) is 0.286. The molecule has 9 heteroatoms. The molecule has 23 heavy (non-hydrogen) atoms. The number of hydrogen-bond acceptors (Lipinski definition) is 7. The molecule has 2 aliphatic heterocycles. The lowest BCUT2D eigenvalue weighted by Crippen LogP contribution is -2.36. The second-order valence-corrected chi connectivity index (χ2v) is 6.68. The second kappa shape index (κ2) is 6.65. The van der Waals surface area contributed by atoms with Crippen molar-refractivity contribution >= 4 is 51.7 Å². The predicted molar refractivity (Wildman–Crippen MR) is 92.4 cm³/mol. The lowest BCUT2D eigenvalue weighted by Gasteiger charge is -2.28. The van der Waals surface area contributed by atoms with Crippen molar-refractivity contribution < 1.29 is 14.5 Å². The van der Waals surface area contributed by atoms with E-state index in [-0.39, 0.29) is 11.6 Å². The van der Waals surface area contributed by atoms with Crippen LogP contribution in [0.25, 0.3) is 6.08 Å². The molecule has 0 aliphatic carbocycles. The minimum atomic E-state index is -0.403. The average Bonchev–Trinajstić information content (AvgIpc) is 2.85. The molecule has 1 aromatic rings. The first-order valence-electron chi connectivity index (χ1n) is 6.90. The summed E-state index contributed by atoms with van der Waals surface area (Å²) >= 11 is 6.08. The minimum absolute atomic E-state index is 0.0206. The van der Waals surface area contributed by atoms with E-state index in [1.54, 1.807) is 18.2 Å². The van der Waals surface area contributed by atoms with Crippen LogP contribution in [0, 0.1) is 10.1 Å². The van der Waals surface area contributed by atoms with Gasteiger partial charge in [-0.3, -0.25) is 14.9 Å². The van der Waals surface area contributed by atoms with E-state index in [0.717, 1.165) is 11.8 Å². The van der Waals surface area contributed by atoms with Crippen molar-refractivity contribution in [1.82, 2.24) is 5.32 Å². The Morgan fingerprint density at radius 3 is 2.74 bits per heavy atom. The number of amides is 1. The van der Waals surface area contributed by atoms with Crippen molar-refractivity contribution in [1.29, 1.82) is 0 Å². The van der Waals surface area contributed by atoms with E-state index >= 15 is 0 Å². The number of benzene rings is 1. The smallest absolute Gasteiger partial charge is 0.293 e. The van der Waals surface area contributed by atoms with E-state index in [9.17, 15) is 14.9 Å². The topological polar surface area (TPSA) is 84.7 Å². The van der Waals surface area contributed by atoms with Crippen molar-refractivity contribution in [2.45, 2.75) is 0 Å². The maximum atomic E-state index is 11.7. The Morgan fingerprint density at radius 2 is 2.13 bits per heavy atom. The predicted octanol–water partition coefficient (Wildman–Crippen LogP) is 1.92. The Labute approximate surface area is 141 Å². The number of thioether (sulfide) groups is 1. The molecule has 1 N–H and O–H groups in total. The third-order valence-corrected chi connectivity index (χ3v) is 4.65. The molecule has 2 saturated heterocycles. The van der Waals surface area contributed by atoms with Gasteiger partial charge in [0.25, 0.3) is 11.6 Å². The lowest BCUT2D eigenvalue weighted by atomic mass is 10.1. The third kappa shape index (κ3) is 3.52. The molecule has 2 aliphatic rings. The Bertz CT molecular complexity index is 714.